The van der Waals surface area contributed by atoms with Crippen LogP contribution in [0.25, 0.3) is 65.3 Å². The minimum Gasteiger partial charge on any atom is -0.0616 e. The summed E-state index contributed by atoms with van der Waals surface area (Å²) in [4.78, 5) is 0. The highest BCUT2D eigenvalue weighted by Gasteiger charge is 2.15. The van der Waals surface area contributed by atoms with Crippen LogP contribution in [0.1, 0.15) is 5.56 Å². The Morgan fingerprint density at radius 3 is 1.63 bits per heavy atom. The van der Waals surface area contributed by atoms with Gasteiger partial charge in [0.2, 0.25) is 0 Å². The minimum atomic E-state index is 1.26. The maximum atomic E-state index is 2.41. The fourth-order valence-corrected chi connectivity index (χ4v) is 5.64. The van der Waals surface area contributed by atoms with Gasteiger partial charge >= 0.3 is 0 Å². The van der Waals surface area contributed by atoms with E-state index in [0.29, 0.717) is 0 Å². The quantitative estimate of drug-likeness (QED) is 0.233. The highest BCUT2D eigenvalue weighted by atomic mass is 14.2. The molecule has 0 aliphatic heterocycles. The monoisotopic (exact) mass is 444 g/mol. The zero-order valence-electron chi connectivity index (χ0n) is 19.6. The van der Waals surface area contributed by atoms with Gasteiger partial charge in [0.05, 0.1) is 0 Å². The number of rotatable bonds is 2. The molecule has 35 heavy (non-hydrogen) atoms. The Morgan fingerprint density at radius 2 is 0.914 bits per heavy atom. The van der Waals surface area contributed by atoms with Gasteiger partial charge in [-0.15, -0.1) is 0 Å². The Hall–Kier alpha value is -4.42. The molecule has 0 radical (unpaired) electrons. The minimum absolute atomic E-state index is 1.26. The molecule has 0 fully saturated rings. The highest BCUT2D eigenvalue weighted by molar-refractivity contribution is 6.26. The summed E-state index contributed by atoms with van der Waals surface area (Å²) in [5, 5.41) is 10.4. The zero-order valence-corrected chi connectivity index (χ0v) is 19.6. The Kier molecular flexibility index (Phi) is 4.47. The van der Waals surface area contributed by atoms with Crippen LogP contribution in [-0.4, -0.2) is 0 Å². The third-order valence-corrected chi connectivity index (χ3v) is 7.30. The largest absolute Gasteiger partial charge is 0.0616 e. The number of fused-ring (bicyclic) bond motifs is 6. The van der Waals surface area contributed by atoms with E-state index in [-0.39, 0.29) is 0 Å². The molecule has 0 saturated heterocycles. The summed E-state index contributed by atoms with van der Waals surface area (Å²) in [6.45, 7) is 2.14. The molecule has 0 heteroatoms. The smallest absolute Gasteiger partial charge is 0.00259 e. The van der Waals surface area contributed by atoms with E-state index in [4.69, 9.17) is 0 Å². The normalized spacial score (nSPS) is 11.6. The summed E-state index contributed by atoms with van der Waals surface area (Å²) < 4.78 is 0. The van der Waals surface area contributed by atoms with E-state index in [9.17, 15) is 0 Å². The van der Waals surface area contributed by atoms with Crippen LogP contribution in [0.15, 0.2) is 127 Å². The van der Waals surface area contributed by atoms with Gasteiger partial charge in [-0.1, -0.05) is 121 Å². The van der Waals surface area contributed by atoms with Gasteiger partial charge in [0.25, 0.3) is 0 Å². The van der Waals surface area contributed by atoms with Crippen molar-refractivity contribution in [2.75, 3.05) is 0 Å². The molecular weight excluding hydrogens is 420 g/mol. The van der Waals surface area contributed by atoms with Gasteiger partial charge in [-0.3, -0.25) is 0 Å². The van der Waals surface area contributed by atoms with Crippen LogP contribution < -0.4 is 0 Å². The Morgan fingerprint density at radius 1 is 0.371 bits per heavy atom. The van der Waals surface area contributed by atoms with Crippen molar-refractivity contribution < 1.29 is 0 Å². The van der Waals surface area contributed by atoms with Crippen LogP contribution in [0, 0.1) is 6.92 Å². The number of benzene rings is 7. The first-order valence-electron chi connectivity index (χ1n) is 12.2. The summed E-state index contributed by atoms with van der Waals surface area (Å²) in [7, 11) is 0. The van der Waals surface area contributed by atoms with Crippen molar-refractivity contribution in [1.82, 2.24) is 0 Å². The second kappa shape index (κ2) is 7.82. The molecule has 0 N–H and O–H groups in total. The summed E-state index contributed by atoms with van der Waals surface area (Å²) in [5.74, 6) is 0. The molecule has 7 rings (SSSR count). The predicted octanol–water partition coefficient (Wildman–Crippen LogP) is 9.94. The molecule has 164 valence electrons. The molecule has 0 saturated carbocycles. The van der Waals surface area contributed by atoms with Crippen LogP contribution >= 0.6 is 0 Å². The molecule has 0 bridgehead atoms. The van der Waals surface area contributed by atoms with Gasteiger partial charge in [0.15, 0.2) is 0 Å². The van der Waals surface area contributed by atoms with Crippen molar-refractivity contribution in [1.29, 1.82) is 0 Å². The lowest BCUT2D eigenvalue weighted by molar-refractivity contribution is 1.47. The lowest BCUT2D eigenvalue weighted by Crippen LogP contribution is -1.90. The van der Waals surface area contributed by atoms with E-state index < -0.39 is 0 Å². The highest BCUT2D eigenvalue weighted by Crippen LogP contribution is 2.43. The van der Waals surface area contributed by atoms with Crippen molar-refractivity contribution in [3.63, 3.8) is 0 Å². The number of hydrogen-bond donors (Lipinski definition) is 0. The fraction of sp³-hybridized carbons (Fsp3) is 0.0286. The van der Waals surface area contributed by atoms with Crippen LogP contribution in [0.2, 0.25) is 0 Å². The molecule has 0 unspecified atom stereocenters. The first kappa shape index (κ1) is 20.0. The first-order chi connectivity index (χ1) is 17.3. The number of hydrogen-bond acceptors (Lipinski definition) is 0. The van der Waals surface area contributed by atoms with Crippen molar-refractivity contribution in [2.24, 2.45) is 0 Å². The maximum Gasteiger partial charge on any atom is -0.00259 e. The number of aryl methyl sites for hydroxylation is 1. The molecule has 0 amide bonds. The molecule has 0 nitrogen and oxygen atoms in total. The Bertz CT molecular complexity index is 1880. The molecule has 0 heterocycles. The van der Waals surface area contributed by atoms with Crippen molar-refractivity contribution in [2.45, 2.75) is 6.92 Å². The average Bonchev–Trinajstić information content (AvgIpc) is 2.92. The van der Waals surface area contributed by atoms with E-state index >= 15 is 0 Å². The third kappa shape index (κ3) is 3.15. The van der Waals surface area contributed by atoms with Gasteiger partial charge in [-0.25, -0.2) is 0 Å². The Balaban J connectivity index is 1.65. The van der Waals surface area contributed by atoms with Crippen molar-refractivity contribution in [3.05, 3.63) is 133 Å². The van der Waals surface area contributed by atoms with E-state index in [1.165, 1.54) is 70.9 Å². The third-order valence-electron chi connectivity index (χ3n) is 7.30. The topological polar surface area (TPSA) is 0 Å². The second-order valence-corrected chi connectivity index (χ2v) is 9.43. The van der Waals surface area contributed by atoms with Crippen molar-refractivity contribution >= 4 is 43.1 Å². The van der Waals surface area contributed by atoms with Crippen LogP contribution in [-0.2, 0) is 0 Å². The van der Waals surface area contributed by atoms with E-state index in [1.807, 2.05) is 0 Å². The van der Waals surface area contributed by atoms with Gasteiger partial charge in [-0.05, 0) is 84.4 Å². The molecule has 0 atom stereocenters. The molecule has 0 aliphatic rings. The fourth-order valence-electron chi connectivity index (χ4n) is 5.64. The van der Waals surface area contributed by atoms with E-state index in [1.54, 1.807) is 0 Å². The zero-order chi connectivity index (χ0) is 23.4. The molecule has 7 aromatic rings. The SMILES string of the molecule is Cc1ccc(-c2cc3cc(-c4cccc5ccccc45)c4ccccc4c3c3ccccc23)cc1. The summed E-state index contributed by atoms with van der Waals surface area (Å²) in [5.41, 5.74) is 6.39. The summed E-state index contributed by atoms with van der Waals surface area (Å²) >= 11 is 0. The van der Waals surface area contributed by atoms with Crippen LogP contribution in [0.3, 0.4) is 0 Å². The standard InChI is InChI=1S/C35H24/c1-23-17-19-25(20-18-23)33-21-26-22-34(28-16-8-10-24-9-2-3-11-27(24)28)30-13-5-7-15-32(30)35(26)31-14-6-4-12-29(31)33/h2-22H,1H3. The molecule has 0 aromatic heterocycles. The lowest BCUT2D eigenvalue weighted by atomic mass is 9.86. The summed E-state index contributed by atoms with van der Waals surface area (Å²) in [6, 6.07) is 46.8. The molecular formula is C35H24. The van der Waals surface area contributed by atoms with Gasteiger partial charge in [0.1, 0.15) is 0 Å². The van der Waals surface area contributed by atoms with Crippen LogP contribution in [0.4, 0.5) is 0 Å². The molecule has 7 aromatic carbocycles. The maximum absolute atomic E-state index is 2.41. The molecule has 0 aliphatic carbocycles. The van der Waals surface area contributed by atoms with Crippen LogP contribution in [0.5, 0.6) is 0 Å². The predicted molar refractivity (Wildman–Crippen MR) is 152 cm³/mol. The first-order valence-corrected chi connectivity index (χ1v) is 12.2. The van der Waals surface area contributed by atoms with Crippen molar-refractivity contribution in [3.8, 4) is 22.3 Å². The average molecular weight is 445 g/mol. The lowest BCUT2D eigenvalue weighted by Gasteiger charge is -2.17. The van der Waals surface area contributed by atoms with E-state index in [2.05, 4.69) is 134 Å². The summed E-state index contributed by atoms with van der Waals surface area (Å²) in [6.07, 6.45) is 0. The van der Waals surface area contributed by atoms with Gasteiger partial charge in [-0.2, -0.15) is 0 Å². The Labute approximate surface area is 205 Å². The van der Waals surface area contributed by atoms with E-state index in [0.717, 1.165) is 0 Å². The van der Waals surface area contributed by atoms with Gasteiger partial charge in [0, 0.05) is 0 Å². The molecule has 0 spiro atoms. The van der Waals surface area contributed by atoms with Gasteiger partial charge < -0.3 is 0 Å². The second-order valence-electron chi connectivity index (χ2n) is 9.43.